The average Bonchev–Trinajstić information content (AvgIpc) is 2.60. The predicted molar refractivity (Wildman–Crippen MR) is 62.5 cm³/mol. The SMILES string of the molecule is CC(CBr)CNC(=O)C1CCCC1C. The van der Waals surface area contributed by atoms with Crippen LogP contribution in [0.3, 0.4) is 0 Å². The van der Waals surface area contributed by atoms with Crippen molar-refractivity contribution in [3.05, 3.63) is 0 Å². The largest absolute Gasteiger partial charge is 0.356 e. The van der Waals surface area contributed by atoms with Gasteiger partial charge in [0.15, 0.2) is 0 Å². The van der Waals surface area contributed by atoms with Crippen LogP contribution in [-0.2, 0) is 4.79 Å². The lowest BCUT2D eigenvalue weighted by Gasteiger charge is -2.16. The summed E-state index contributed by atoms with van der Waals surface area (Å²) in [5.74, 6) is 1.64. The monoisotopic (exact) mass is 261 g/mol. The average molecular weight is 262 g/mol. The molecule has 0 aromatic heterocycles. The van der Waals surface area contributed by atoms with E-state index in [-0.39, 0.29) is 11.8 Å². The van der Waals surface area contributed by atoms with Gasteiger partial charge in [-0.2, -0.15) is 0 Å². The molecule has 0 bridgehead atoms. The fourth-order valence-corrected chi connectivity index (χ4v) is 2.22. The molecule has 0 aliphatic heterocycles. The third kappa shape index (κ3) is 3.26. The van der Waals surface area contributed by atoms with Crippen molar-refractivity contribution in [3.8, 4) is 0 Å². The minimum atomic E-state index is 0.266. The normalized spacial score (nSPS) is 28.8. The van der Waals surface area contributed by atoms with Gasteiger partial charge in [0.1, 0.15) is 0 Å². The van der Waals surface area contributed by atoms with Crippen molar-refractivity contribution in [1.29, 1.82) is 0 Å². The maximum atomic E-state index is 11.7. The van der Waals surface area contributed by atoms with Crippen molar-refractivity contribution in [3.63, 3.8) is 0 Å². The molecule has 82 valence electrons. The highest BCUT2D eigenvalue weighted by atomic mass is 79.9. The quantitative estimate of drug-likeness (QED) is 0.775. The maximum absolute atomic E-state index is 11.7. The Balaban J connectivity index is 2.27. The molecule has 0 radical (unpaired) electrons. The highest BCUT2D eigenvalue weighted by molar-refractivity contribution is 9.09. The summed E-state index contributed by atoms with van der Waals surface area (Å²) < 4.78 is 0. The molecule has 3 unspecified atom stereocenters. The lowest BCUT2D eigenvalue weighted by molar-refractivity contribution is -0.126. The van der Waals surface area contributed by atoms with Crippen LogP contribution < -0.4 is 5.32 Å². The second-order valence-electron chi connectivity index (χ2n) is 4.52. The summed E-state index contributed by atoms with van der Waals surface area (Å²) in [6, 6.07) is 0. The van der Waals surface area contributed by atoms with Crippen LogP contribution in [-0.4, -0.2) is 17.8 Å². The summed E-state index contributed by atoms with van der Waals surface area (Å²) in [4.78, 5) is 11.7. The van der Waals surface area contributed by atoms with Crippen molar-refractivity contribution in [2.24, 2.45) is 17.8 Å². The Morgan fingerprint density at radius 1 is 1.57 bits per heavy atom. The zero-order valence-electron chi connectivity index (χ0n) is 9.05. The smallest absolute Gasteiger partial charge is 0.223 e. The highest BCUT2D eigenvalue weighted by Crippen LogP contribution is 2.31. The number of amides is 1. The molecule has 0 aromatic carbocycles. The van der Waals surface area contributed by atoms with E-state index in [4.69, 9.17) is 0 Å². The molecule has 3 atom stereocenters. The number of hydrogen-bond acceptors (Lipinski definition) is 1. The molecule has 2 nitrogen and oxygen atoms in total. The van der Waals surface area contributed by atoms with Crippen LogP contribution >= 0.6 is 15.9 Å². The Bertz CT molecular complexity index is 196. The van der Waals surface area contributed by atoms with Crippen LogP contribution in [0.4, 0.5) is 0 Å². The van der Waals surface area contributed by atoms with Crippen LogP contribution in [0.1, 0.15) is 33.1 Å². The summed E-state index contributed by atoms with van der Waals surface area (Å²) >= 11 is 3.41. The highest BCUT2D eigenvalue weighted by Gasteiger charge is 2.29. The van der Waals surface area contributed by atoms with Crippen molar-refractivity contribution in [2.75, 3.05) is 11.9 Å². The van der Waals surface area contributed by atoms with Gasteiger partial charge in [0.05, 0.1) is 0 Å². The van der Waals surface area contributed by atoms with Crippen LogP contribution in [0, 0.1) is 17.8 Å². The molecule has 1 fully saturated rings. The second kappa shape index (κ2) is 5.74. The van der Waals surface area contributed by atoms with Crippen LogP contribution in [0.5, 0.6) is 0 Å². The van der Waals surface area contributed by atoms with E-state index in [0.29, 0.717) is 11.8 Å². The zero-order valence-corrected chi connectivity index (χ0v) is 10.6. The van der Waals surface area contributed by atoms with Gasteiger partial charge in [0.25, 0.3) is 0 Å². The number of halogens is 1. The Hall–Kier alpha value is -0.0500. The lowest BCUT2D eigenvalue weighted by Crippen LogP contribution is -2.35. The van der Waals surface area contributed by atoms with E-state index in [2.05, 4.69) is 35.1 Å². The topological polar surface area (TPSA) is 29.1 Å². The molecule has 14 heavy (non-hydrogen) atoms. The summed E-state index contributed by atoms with van der Waals surface area (Å²) in [5.41, 5.74) is 0. The van der Waals surface area contributed by atoms with Crippen LogP contribution in [0.15, 0.2) is 0 Å². The number of nitrogens with one attached hydrogen (secondary N) is 1. The molecule has 1 aliphatic carbocycles. The Morgan fingerprint density at radius 2 is 2.29 bits per heavy atom. The number of alkyl halides is 1. The number of carbonyl (C=O) groups is 1. The fraction of sp³-hybridized carbons (Fsp3) is 0.909. The van der Waals surface area contributed by atoms with E-state index in [0.717, 1.165) is 18.3 Å². The molecule has 0 saturated heterocycles. The van der Waals surface area contributed by atoms with Gasteiger partial charge in [0.2, 0.25) is 5.91 Å². The maximum Gasteiger partial charge on any atom is 0.223 e. The molecule has 0 heterocycles. The predicted octanol–water partition coefficient (Wildman–Crippen LogP) is 2.57. The lowest BCUT2D eigenvalue weighted by atomic mass is 9.97. The molecular weight excluding hydrogens is 242 g/mol. The van der Waals surface area contributed by atoms with E-state index in [1.165, 1.54) is 12.8 Å². The molecule has 3 heteroatoms. The summed E-state index contributed by atoms with van der Waals surface area (Å²) in [6.07, 6.45) is 3.51. The second-order valence-corrected chi connectivity index (χ2v) is 5.17. The minimum Gasteiger partial charge on any atom is -0.356 e. The summed E-state index contributed by atoms with van der Waals surface area (Å²) in [7, 11) is 0. The molecule has 1 saturated carbocycles. The Labute approximate surface area is 95.0 Å². The Kier molecular flexibility index (Phi) is 4.93. The van der Waals surface area contributed by atoms with Gasteiger partial charge in [-0.25, -0.2) is 0 Å². The molecule has 1 rings (SSSR count). The molecule has 1 N–H and O–H groups in total. The third-order valence-corrected chi connectivity index (χ3v) is 4.19. The Morgan fingerprint density at radius 3 is 2.79 bits per heavy atom. The van der Waals surface area contributed by atoms with E-state index in [9.17, 15) is 4.79 Å². The minimum absolute atomic E-state index is 0.266. The first-order valence-corrected chi connectivity index (χ1v) is 6.61. The number of hydrogen-bond donors (Lipinski definition) is 1. The van der Waals surface area contributed by atoms with Gasteiger partial charge in [-0.15, -0.1) is 0 Å². The number of carbonyl (C=O) groups excluding carboxylic acids is 1. The molecule has 0 spiro atoms. The van der Waals surface area contributed by atoms with Gasteiger partial charge in [0, 0.05) is 17.8 Å². The summed E-state index contributed by atoms with van der Waals surface area (Å²) in [6.45, 7) is 5.12. The fourth-order valence-electron chi connectivity index (χ4n) is 2.00. The zero-order chi connectivity index (χ0) is 10.6. The molecular formula is C11H20BrNO. The molecule has 0 aromatic rings. The standard InChI is InChI=1S/C11H20BrNO/c1-8(6-12)7-13-11(14)10-5-3-4-9(10)2/h8-10H,3-7H2,1-2H3,(H,13,14). The summed E-state index contributed by atoms with van der Waals surface area (Å²) in [5, 5.41) is 3.99. The van der Waals surface area contributed by atoms with Gasteiger partial charge >= 0.3 is 0 Å². The first-order chi connectivity index (χ1) is 6.65. The van der Waals surface area contributed by atoms with E-state index < -0.39 is 0 Å². The van der Waals surface area contributed by atoms with Crippen molar-refractivity contribution < 1.29 is 4.79 Å². The van der Waals surface area contributed by atoms with Crippen molar-refractivity contribution >= 4 is 21.8 Å². The van der Waals surface area contributed by atoms with Gasteiger partial charge < -0.3 is 5.32 Å². The molecule has 1 amide bonds. The first-order valence-electron chi connectivity index (χ1n) is 5.48. The van der Waals surface area contributed by atoms with Crippen LogP contribution in [0.2, 0.25) is 0 Å². The van der Waals surface area contributed by atoms with Gasteiger partial charge in [-0.3, -0.25) is 4.79 Å². The van der Waals surface area contributed by atoms with Crippen LogP contribution in [0.25, 0.3) is 0 Å². The van der Waals surface area contributed by atoms with E-state index in [1.54, 1.807) is 0 Å². The first kappa shape index (κ1) is 12.0. The number of rotatable bonds is 4. The molecule has 1 aliphatic rings. The van der Waals surface area contributed by atoms with Gasteiger partial charge in [-0.05, 0) is 24.7 Å². The van der Waals surface area contributed by atoms with E-state index >= 15 is 0 Å². The third-order valence-electron chi connectivity index (χ3n) is 3.09. The van der Waals surface area contributed by atoms with E-state index in [1.807, 2.05) is 0 Å². The van der Waals surface area contributed by atoms with Crippen molar-refractivity contribution in [1.82, 2.24) is 5.32 Å². The van der Waals surface area contributed by atoms with Crippen molar-refractivity contribution in [2.45, 2.75) is 33.1 Å². The van der Waals surface area contributed by atoms with Gasteiger partial charge in [-0.1, -0.05) is 36.2 Å².